The van der Waals surface area contributed by atoms with Crippen LogP contribution in [-0.2, 0) is 4.79 Å². The molecule has 0 atom stereocenters. The van der Waals surface area contributed by atoms with Gasteiger partial charge in [-0.25, -0.2) is 4.98 Å². The summed E-state index contributed by atoms with van der Waals surface area (Å²) in [6.07, 6.45) is 4.53. The zero-order chi connectivity index (χ0) is 16.3. The Kier molecular flexibility index (Phi) is 4.79. The van der Waals surface area contributed by atoms with Gasteiger partial charge in [0.1, 0.15) is 11.1 Å². The molecule has 0 radical (unpaired) electrons. The molecule has 0 saturated heterocycles. The molecular weight excluding hydrogens is 334 g/mol. The van der Waals surface area contributed by atoms with Gasteiger partial charge in [0.05, 0.1) is 11.8 Å². The van der Waals surface area contributed by atoms with E-state index in [-0.39, 0.29) is 11.7 Å². The number of nitrogens with one attached hydrogen (secondary N) is 1. The van der Waals surface area contributed by atoms with Gasteiger partial charge in [0, 0.05) is 11.1 Å². The first-order chi connectivity index (χ1) is 11.1. The van der Waals surface area contributed by atoms with Gasteiger partial charge >= 0.3 is 0 Å². The van der Waals surface area contributed by atoms with Crippen LogP contribution < -0.4 is 5.32 Å². The number of nitriles is 1. The summed E-state index contributed by atoms with van der Waals surface area (Å²) < 4.78 is 5.56. The number of halogens is 1. The van der Waals surface area contributed by atoms with E-state index < -0.39 is 5.54 Å². The SMILES string of the molecule is N#CC1(NC(=O)CSc2nc3ccc(Cl)cc3o2)CCCCC1. The quantitative estimate of drug-likeness (QED) is 0.846. The topological polar surface area (TPSA) is 78.9 Å². The zero-order valence-electron chi connectivity index (χ0n) is 12.5. The fourth-order valence-electron chi connectivity index (χ4n) is 2.79. The standard InChI is InChI=1S/C16H16ClN3O2S/c17-11-4-5-12-13(8-11)22-15(19-12)23-9-14(21)20-16(10-18)6-2-1-3-7-16/h4-5,8H,1-3,6-7,9H2,(H,20,21). The van der Waals surface area contributed by atoms with Crippen molar-refractivity contribution in [2.45, 2.75) is 42.9 Å². The Labute approximate surface area is 143 Å². The summed E-state index contributed by atoms with van der Waals surface area (Å²) in [6, 6.07) is 7.49. The van der Waals surface area contributed by atoms with E-state index in [2.05, 4.69) is 16.4 Å². The number of hydrogen-bond donors (Lipinski definition) is 1. The number of thioether (sulfide) groups is 1. The van der Waals surface area contributed by atoms with Crippen molar-refractivity contribution in [1.29, 1.82) is 5.26 Å². The van der Waals surface area contributed by atoms with Crippen LogP contribution in [0.1, 0.15) is 32.1 Å². The van der Waals surface area contributed by atoms with Crippen LogP contribution in [0, 0.1) is 11.3 Å². The van der Waals surface area contributed by atoms with E-state index in [0.717, 1.165) is 32.1 Å². The Bertz CT molecular complexity index is 762. The third-order valence-electron chi connectivity index (χ3n) is 3.96. The van der Waals surface area contributed by atoms with E-state index in [4.69, 9.17) is 16.0 Å². The molecular formula is C16H16ClN3O2S. The first-order valence-corrected chi connectivity index (χ1v) is 8.88. The van der Waals surface area contributed by atoms with Gasteiger partial charge in [-0.15, -0.1) is 0 Å². The molecule has 1 saturated carbocycles. The minimum atomic E-state index is -0.704. The van der Waals surface area contributed by atoms with Crippen LogP contribution in [0.15, 0.2) is 27.8 Å². The molecule has 1 aliphatic carbocycles. The Morgan fingerprint density at radius 1 is 1.43 bits per heavy atom. The van der Waals surface area contributed by atoms with Gasteiger partial charge in [-0.1, -0.05) is 42.6 Å². The molecule has 0 unspecified atom stereocenters. The van der Waals surface area contributed by atoms with Gasteiger partial charge in [0.25, 0.3) is 5.22 Å². The second-order valence-corrected chi connectivity index (χ2v) is 7.05. The van der Waals surface area contributed by atoms with Crippen molar-refractivity contribution < 1.29 is 9.21 Å². The van der Waals surface area contributed by atoms with Crippen molar-refractivity contribution in [3.8, 4) is 6.07 Å². The summed E-state index contributed by atoms with van der Waals surface area (Å²) in [7, 11) is 0. The number of hydrogen-bond acceptors (Lipinski definition) is 5. The van der Waals surface area contributed by atoms with Crippen LogP contribution in [0.5, 0.6) is 0 Å². The van der Waals surface area contributed by atoms with Gasteiger partial charge in [-0.3, -0.25) is 4.79 Å². The summed E-state index contributed by atoms with van der Waals surface area (Å²) in [6.45, 7) is 0. The maximum absolute atomic E-state index is 12.1. The maximum atomic E-state index is 12.1. The van der Waals surface area contributed by atoms with E-state index in [0.29, 0.717) is 21.3 Å². The predicted octanol–water partition coefficient (Wildman–Crippen LogP) is 3.92. The third kappa shape index (κ3) is 3.80. The number of benzene rings is 1. The van der Waals surface area contributed by atoms with E-state index in [1.54, 1.807) is 18.2 Å². The molecule has 5 nitrogen and oxygen atoms in total. The fraction of sp³-hybridized carbons (Fsp3) is 0.438. The Morgan fingerprint density at radius 2 is 2.22 bits per heavy atom. The summed E-state index contributed by atoms with van der Waals surface area (Å²) in [5, 5.41) is 13.3. The largest absolute Gasteiger partial charge is 0.431 e. The van der Waals surface area contributed by atoms with Gasteiger partial charge in [0.2, 0.25) is 5.91 Å². The molecule has 0 bridgehead atoms. The lowest BCUT2D eigenvalue weighted by molar-refractivity contribution is -0.120. The van der Waals surface area contributed by atoms with Crippen LogP contribution in [0.2, 0.25) is 5.02 Å². The van der Waals surface area contributed by atoms with Crippen LogP contribution >= 0.6 is 23.4 Å². The van der Waals surface area contributed by atoms with Gasteiger partial charge in [-0.2, -0.15) is 5.26 Å². The highest BCUT2D eigenvalue weighted by atomic mass is 35.5. The van der Waals surface area contributed by atoms with Crippen LogP contribution in [0.4, 0.5) is 0 Å². The van der Waals surface area contributed by atoms with E-state index >= 15 is 0 Å². The average molecular weight is 350 g/mol. The highest BCUT2D eigenvalue weighted by Gasteiger charge is 2.33. The minimum Gasteiger partial charge on any atom is -0.431 e. The van der Waals surface area contributed by atoms with Gasteiger partial charge in [-0.05, 0) is 25.0 Å². The lowest BCUT2D eigenvalue weighted by atomic mass is 9.83. The molecule has 1 N–H and O–H groups in total. The lowest BCUT2D eigenvalue weighted by Gasteiger charge is -2.31. The maximum Gasteiger partial charge on any atom is 0.257 e. The molecule has 120 valence electrons. The number of amides is 1. The van der Waals surface area contributed by atoms with Crippen molar-refractivity contribution in [2.75, 3.05) is 5.75 Å². The van der Waals surface area contributed by atoms with Crippen LogP contribution in [0.3, 0.4) is 0 Å². The number of carbonyl (C=O) groups is 1. The molecule has 0 spiro atoms. The van der Waals surface area contributed by atoms with Crippen molar-refractivity contribution in [1.82, 2.24) is 10.3 Å². The number of oxazole rings is 1. The van der Waals surface area contributed by atoms with Gasteiger partial charge < -0.3 is 9.73 Å². The van der Waals surface area contributed by atoms with Crippen molar-refractivity contribution >= 4 is 40.4 Å². The molecule has 1 aliphatic rings. The highest BCUT2D eigenvalue weighted by Crippen LogP contribution is 2.29. The first kappa shape index (κ1) is 16.2. The molecule has 1 amide bonds. The first-order valence-electron chi connectivity index (χ1n) is 7.51. The van der Waals surface area contributed by atoms with E-state index in [1.165, 1.54) is 11.8 Å². The van der Waals surface area contributed by atoms with Gasteiger partial charge in [0.15, 0.2) is 5.58 Å². The molecule has 1 fully saturated rings. The third-order valence-corrected chi connectivity index (χ3v) is 5.02. The summed E-state index contributed by atoms with van der Waals surface area (Å²) in [4.78, 5) is 16.4. The average Bonchev–Trinajstić information content (AvgIpc) is 2.96. The molecule has 23 heavy (non-hydrogen) atoms. The van der Waals surface area contributed by atoms with Crippen molar-refractivity contribution in [2.24, 2.45) is 0 Å². The molecule has 1 aromatic heterocycles. The number of carbonyl (C=O) groups excluding carboxylic acids is 1. The van der Waals surface area contributed by atoms with Crippen LogP contribution in [-0.4, -0.2) is 22.2 Å². The molecule has 2 aromatic rings. The number of aromatic nitrogens is 1. The molecule has 0 aliphatic heterocycles. The molecule has 7 heteroatoms. The van der Waals surface area contributed by atoms with Crippen molar-refractivity contribution in [3.63, 3.8) is 0 Å². The normalized spacial score (nSPS) is 16.9. The second-order valence-electron chi connectivity index (χ2n) is 5.68. The molecule has 1 heterocycles. The summed E-state index contributed by atoms with van der Waals surface area (Å²) in [5.41, 5.74) is 0.601. The number of fused-ring (bicyclic) bond motifs is 1. The monoisotopic (exact) mass is 349 g/mol. The van der Waals surface area contributed by atoms with Crippen LogP contribution in [0.25, 0.3) is 11.1 Å². The number of rotatable bonds is 4. The highest BCUT2D eigenvalue weighted by molar-refractivity contribution is 7.99. The smallest absolute Gasteiger partial charge is 0.257 e. The summed E-state index contributed by atoms with van der Waals surface area (Å²) >= 11 is 7.12. The Balaban J connectivity index is 1.60. The van der Waals surface area contributed by atoms with E-state index in [9.17, 15) is 10.1 Å². The fourth-order valence-corrected chi connectivity index (χ4v) is 3.59. The second kappa shape index (κ2) is 6.81. The van der Waals surface area contributed by atoms with Crippen molar-refractivity contribution in [3.05, 3.63) is 23.2 Å². The minimum absolute atomic E-state index is 0.168. The Hall–Kier alpha value is -1.71. The Morgan fingerprint density at radius 3 is 2.96 bits per heavy atom. The molecule has 3 rings (SSSR count). The zero-order valence-corrected chi connectivity index (χ0v) is 14.0. The number of nitrogens with zero attached hydrogens (tertiary/aromatic N) is 2. The lowest BCUT2D eigenvalue weighted by Crippen LogP contribution is -2.49. The predicted molar refractivity (Wildman–Crippen MR) is 89.3 cm³/mol. The summed E-state index contributed by atoms with van der Waals surface area (Å²) in [5.74, 6) is 0.00278. The molecule has 1 aromatic carbocycles. The van der Waals surface area contributed by atoms with E-state index in [1.807, 2.05) is 0 Å².